The number of halogens is 2. The van der Waals surface area contributed by atoms with Crippen LogP contribution >= 0.6 is 35.4 Å². The topological polar surface area (TPSA) is 49.8 Å². The van der Waals surface area contributed by atoms with Crippen LogP contribution in [0.5, 0.6) is 0 Å². The molecule has 1 unspecified atom stereocenters. The number of rotatable bonds is 1. The number of aromatic amines is 1. The first-order chi connectivity index (χ1) is 9.08. The molecule has 3 rings (SSSR count). The minimum atomic E-state index is -0.285. The summed E-state index contributed by atoms with van der Waals surface area (Å²) < 4.78 is 2.33. The lowest BCUT2D eigenvalue weighted by Gasteiger charge is -2.23. The Bertz CT molecular complexity index is 722. The fraction of sp³-hybridized carbons (Fsp3) is 0.333. The zero-order valence-electron chi connectivity index (χ0n) is 9.87. The summed E-state index contributed by atoms with van der Waals surface area (Å²) in [6, 6.07) is 3.19. The van der Waals surface area contributed by atoms with Gasteiger partial charge in [-0.2, -0.15) is 0 Å². The largest absolute Gasteiger partial charge is 0.354 e. The van der Waals surface area contributed by atoms with Gasteiger partial charge in [0.2, 0.25) is 5.91 Å². The van der Waals surface area contributed by atoms with Crippen LogP contribution in [0.3, 0.4) is 0 Å². The van der Waals surface area contributed by atoms with Gasteiger partial charge in [0.15, 0.2) is 4.77 Å². The molecule has 1 amide bonds. The van der Waals surface area contributed by atoms with E-state index in [1.165, 1.54) is 0 Å². The van der Waals surface area contributed by atoms with Crippen molar-refractivity contribution >= 4 is 52.4 Å². The van der Waals surface area contributed by atoms with E-state index >= 15 is 0 Å². The number of hydrogen-bond donors (Lipinski definition) is 2. The lowest BCUT2D eigenvalue weighted by Crippen LogP contribution is -2.37. The molecule has 19 heavy (non-hydrogen) atoms. The standard InChI is InChI=1S/C12H11Cl2N3OS/c13-6-4-8-10(5-7(6)14)17(12(19)16-8)9-2-1-3-15-11(9)18/h4-5,9H,1-3H2,(H,15,18)(H,16,19). The van der Waals surface area contributed by atoms with Crippen LogP contribution in [0.1, 0.15) is 18.9 Å². The summed E-state index contributed by atoms with van der Waals surface area (Å²) in [5, 5.41) is 3.77. The van der Waals surface area contributed by atoms with Gasteiger partial charge < -0.3 is 14.9 Å². The van der Waals surface area contributed by atoms with Crippen molar-refractivity contribution in [2.24, 2.45) is 0 Å². The number of imidazole rings is 1. The number of benzene rings is 1. The third-order valence-corrected chi connectivity index (χ3v) is 4.35. The van der Waals surface area contributed by atoms with Crippen molar-refractivity contribution in [3.8, 4) is 0 Å². The van der Waals surface area contributed by atoms with Gasteiger partial charge in [0.1, 0.15) is 6.04 Å². The van der Waals surface area contributed by atoms with Crippen molar-refractivity contribution in [1.29, 1.82) is 0 Å². The molecule has 0 spiro atoms. The highest BCUT2D eigenvalue weighted by molar-refractivity contribution is 7.71. The first kappa shape index (κ1) is 13.0. The predicted octanol–water partition coefficient (Wildman–Crippen LogP) is 3.46. The molecule has 4 nitrogen and oxygen atoms in total. The summed E-state index contributed by atoms with van der Waals surface area (Å²) in [6.45, 7) is 0.720. The van der Waals surface area contributed by atoms with Crippen LogP contribution in [0.2, 0.25) is 10.0 Å². The summed E-state index contributed by atoms with van der Waals surface area (Å²) in [5.41, 5.74) is 1.60. The molecule has 0 bridgehead atoms. The second kappa shape index (κ2) is 4.81. The predicted molar refractivity (Wildman–Crippen MR) is 78.4 cm³/mol. The molecule has 1 aliphatic rings. The fourth-order valence-electron chi connectivity index (χ4n) is 2.43. The Hall–Kier alpha value is -1.04. The third kappa shape index (κ3) is 2.16. The molecule has 0 radical (unpaired) electrons. The number of fused-ring (bicyclic) bond motifs is 1. The Kier molecular flexibility index (Phi) is 3.28. The van der Waals surface area contributed by atoms with Gasteiger partial charge in [-0.15, -0.1) is 0 Å². The number of carbonyl (C=O) groups excluding carboxylic acids is 1. The van der Waals surface area contributed by atoms with Crippen molar-refractivity contribution in [1.82, 2.24) is 14.9 Å². The van der Waals surface area contributed by atoms with Crippen LogP contribution in [0.4, 0.5) is 0 Å². The number of piperidine rings is 1. The molecule has 1 aromatic carbocycles. The average molecular weight is 316 g/mol. The van der Waals surface area contributed by atoms with Crippen molar-refractivity contribution < 1.29 is 4.79 Å². The molecule has 0 aliphatic carbocycles. The highest BCUT2D eigenvalue weighted by Gasteiger charge is 2.26. The number of nitrogens with one attached hydrogen (secondary N) is 2. The average Bonchev–Trinajstić information content (AvgIpc) is 2.66. The smallest absolute Gasteiger partial charge is 0.243 e. The molecule has 2 heterocycles. The Morgan fingerprint density at radius 2 is 2.05 bits per heavy atom. The molecule has 1 aliphatic heterocycles. The van der Waals surface area contributed by atoms with Crippen LogP contribution in [0.25, 0.3) is 11.0 Å². The number of amides is 1. The van der Waals surface area contributed by atoms with E-state index in [2.05, 4.69) is 10.3 Å². The highest BCUT2D eigenvalue weighted by Crippen LogP contribution is 2.30. The number of hydrogen-bond acceptors (Lipinski definition) is 2. The summed E-state index contributed by atoms with van der Waals surface area (Å²) in [5.74, 6) is -0.00526. The van der Waals surface area contributed by atoms with E-state index in [4.69, 9.17) is 35.4 Å². The summed E-state index contributed by atoms with van der Waals surface area (Å²) in [4.78, 5) is 15.1. The van der Waals surface area contributed by atoms with E-state index in [1.807, 2.05) is 4.57 Å². The SMILES string of the molecule is O=C1NCCCC1n1c(=S)[nH]c2cc(Cl)c(Cl)cc21. The monoisotopic (exact) mass is 315 g/mol. The zero-order valence-corrected chi connectivity index (χ0v) is 12.2. The van der Waals surface area contributed by atoms with Gasteiger partial charge in [-0.3, -0.25) is 4.79 Å². The molecule has 1 atom stereocenters. The second-order valence-electron chi connectivity index (χ2n) is 4.53. The molecule has 100 valence electrons. The van der Waals surface area contributed by atoms with E-state index in [0.717, 1.165) is 30.4 Å². The number of H-pyrrole nitrogens is 1. The molecular weight excluding hydrogens is 305 g/mol. The molecule has 1 fully saturated rings. The van der Waals surface area contributed by atoms with Gasteiger partial charge in [0.25, 0.3) is 0 Å². The van der Waals surface area contributed by atoms with Crippen molar-refractivity contribution in [2.75, 3.05) is 6.54 Å². The Morgan fingerprint density at radius 1 is 1.32 bits per heavy atom. The molecule has 7 heteroatoms. The molecule has 2 aromatic rings. The van der Waals surface area contributed by atoms with Gasteiger partial charge in [-0.1, -0.05) is 23.2 Å². The molecular formula is C12H11Cl2N3OS. The van der Waals surface area contributed by atoms with Crippen LogP contribution in [-0.4, -0.2) is 22.0 Å². The minimum Gasteiger partial charge on any atom is -0.354 e. The normalized spacial score (nSPS) is 19.7. The minimum absolute atomic E-state index is 0.00526. The van der Waals surface area contributed by atoms with Crippen molar-refractivity contribution in [3.63, 3.8) is 0 Å². The summed E-state index contributed by atoms with van der Waals surface area (Å²) >= 11 is 17.4. The van der Waals surface area contributed by atoms with E-state index in [9.17, 15) is 4.79 Å². The van der Waals surface area contributed by atoms with Crippen molar-refractivity contribution in [3.05, 3.63) is 26.9 Å². The van der Waals surface area contributed by atoms with Gasteiger partial charge in [0, 0.05) is 6.54 Å². The number of carbonyl (C=O) groups is 1. The number of aromatic nitrogens is 2. The zero-order chi connectivity index (χ0) is 13.6. The van der Waals surface area contributed by atoms with Gasteiger partial charge in [-0.25, -0.2) is 0 Å². The van der Waals surface area contributed by atoms with E-state index in [1.54, 1.807) is 12.1 Å². The quantitative estimate of drug-likeness (QED) is 0.792. The van der Waals surface area contributed by atoms with E-state index in [0.29, 0.717) is 14.8 Å². The Balaban J connectivity index is 2.22. The lowest BCUT2D eigenvalue weighted by molar-refractivity contribution is -0.125. The summed E-state index contributed by atoms with van der Waals surface area (Å²) in [7, 11) is 0. The Morgan fingerprint density at radius 3 is 2.79 bits per heavy atom. The van der Waals surface area contributed by atoms with Crippen LogP contribution in [0.15, 0.2) is 12.1 Å². The first-order valence-electron chi connectivity index (χ1n) is 5.95. The molecule has 1 saturated heterocycles. The first-order valence-corrected chi connectivity index (χ1v) is 7.11. The van der Waals surface area contributed by atoms with E-state index < -0.39 is 0 Å². The maximum atomic E-state index is 12.0. The third-order valence-electron chi connectivity index (χ3n) is 3.33. The Labute approximate surface area is 124 Å². The van der Waals surface area contributed by atoms with E-state index in [-0.39, 0.29) is 11.9 Å². The van der Waals surface area contributed by atoms with Crippen LogP contribution in [-0.2, 0) is 4.79 Å². The molecule has 1 aromatic heterocycles. The van der Waals surface area contributed by atoms with Gasteiger partial charge >= 0.3 is 0 Å². The lowest BCUT2D eigenvalue weighted by atomic mass is 10.1. The highest BCUT2D eigenvalue weighted by atomic mass is 35.5. The second-order valence-corrected chi connectivity index (χ2v) is 5.73. The van der Waals surface area contributed by atoms with Crippen LogP contribution < -0.4 is 5.32 Å². The number of nitrogens with zero attached hydrogens (tertiary/aromatic N) is 1. The van der Waals surface area contributed by atoms with Crippen molar-refractivity contribution in [2.45, 2.75) is 18.9 Å². The molecule has 2 N–H and O–H groups in total. The van der Waals surface area contributed by atoms with Gasteiger partial charge in [-0.05, 0) is 37.2 Å². The molecule has 0 saturated carbocycles. The maximum Gasteiger partial charge on any atom is 0.243 e. The maximum absolute atomic E-state index is 12.0. The van der Waals surface area contributed by atoms with Crippen LogP contribution in [0, 0.1) is 4.77 Å². The summed E-state index contributed by atoms with van der Waals surface area (Å²) in [6.07, 6.45) is 1.71. The van der Waals surface area contributed by atoms with Gasteiger partial charge in [0.05, 0.1) is 21.1 Å². The fourth-order valence-corrected chi connectivity index (χ4v) is 3.09.